The Morgan fingerprint density at radius 3 is 2.73 bits per heavy atom. The van der Waals surface area contributed by atoms with Gasteiger partial charge in [0.05, 0.1) is 11.7 Å². The van der Waals surface area contributed by atoms with Crippen LogP contribution in [0.5, 0.6) is 0 Å². The number of aryl methyl sites for hydroxylation is 1. The maximum Gasteiger partial charge on any atom is 0.262 e. The van der Waals surface area contributed by atoms with Gasteiger partial charge in [0.2, 0.25) is 0 Å². The van der Waals surface area contributed by atoms with Crippen LogP contribution in [0.15, 0.2) is 29.3 Å². The average Bonchev–Trinajstić information content (AvgIpc) is 3.12. The lowest BCUT2D eigenvalue weighted by Crippen LogP contribution is -2.47. The van der Waals surface area contributed by atoms with Gasteiger partial charge in [0.1, 0.15) is 10.6 Å². The first-order chi connectivity index (χ1) is 14.6. The quantitative estimate of drug-likeness (QED) is 0.638. The van der Waals surface area contributed by atoms with Crippen LogP contribution in [0.1, 0.15) is 16.1 Å². The van der Waals surface area contributed by atoms with E-state index < -0.39 is 0 Å². The molecule has 0 bridgehead atoms. The van der Waals surface area contributed by atoms with Gasteiger partial charge in [-0.15, -0.1) is 11.3 Å². The SMILES string of the molecule is Cc1cccc(N2CCN(CCn3cnc4sc5c(c4c3=O)CCN(C)C5)CC2)n1. The number of fused-ring (bicyclic) bond motifs is 3. The second-order valence-electron chi connectivity index (χ2n) is 8.38. The normalized spacial score (nSPS) is 18.1. The molecule has 158 valence electrons. The molecule has 0 spiro atoms. The molecule has 0 aliphatic carbocycles. The number of hydrogen-bond donors (Lipinski definition) is 0. The van der Waals surface area contributed by atoms with Crippen LogP contribution >= 0.6 is 11.3 Å². The summed E-state index contributed by atoms with van der Waals surface area (Å²) in [4.78, 5) is 31.7. The van der Waals surface area contributed by atoms with Crippen molar-refractivity contribution in [2.24, 2.45) is 0 Å². The molecule has 8 heteroatoms. The average molecular weight is 425 g/mol. The molecule has 0 amide bonds. The highest BCUT2D eigenvalue weighted by molar-refractivity contribution is 7.18. The zero-order valence-corrected chi connectivity index (χ0v) is 18.5. The summed E-state index contributed by atoms with van der Waals surface area (Å²) < 4.78 is 1.81. The van der Waals surface area contributed by atoms with E-state index >= 15 is 0 Å². The molecular formula is C22H28N6OS. The van der Waals surface area contributed by atoms with E-state index in [0.717, 1.165) is 74.0 Å². The third-order valence-electron chi connectivity index (χ3n) is 6.25. The highest BCUT2D eigenvalue weighted by Crippen LogP contribution is 2.31. The number of nitrogens with zero attached hydrogens (tertiary/aromatic N) is 6. The molecule has 0 atom stereocenters. The molecule has 1 fully saturated rings. The maximum absolute atomic E-state index is 13.2. The standard InChI is InChI=1S/C22H28N6OS/c1-16-4-3-5-19(24-16)27-11-8-26(9-12-27)10-13-28-15-23-21-20(22(28)29)17-6-7-25(2)14-18(17)30-21/h3-5,15H,6-14H2,1-2H3. The molecule has 3 aromatic rings. The number of anilines is 1. The van der Waals surface area contributed by atoms with Crippen LogP contribution in [0.3, 0.4) is 0 Å². The van der Waals surface area contributed by atoms with E-state index in [4.69, 9.17) is 0 Å². The molecule has 2 aliphatic rings. The summed E-state index contributed by atoms with van der Waals surface area (Å²) in [6, 6.07) is 6.19. The first-order valence-corrected chi connectivity index (χ1v) is 11.5. The Morgan fingerprint density at radius 2 is 1.93 bits per heavy atom. The number of thiophene rings is 1. The third kappa shape index (κ3) is 3.75. The highest BCUT2D eigenvalue weighted by Gasteiger charge is 2.23. The lowest BCUT2D eigenvalue weighted by molar-refractivity contribution is 0.246. The molecule has 7 nitrogen and oxygen atoms in total. The predicted octanol–water partition coefficient (Wildman–Crippen LogP) is 1.97. The molecule has 0 unspecified atom stereocenters. The van der Waals surface area contributed by atoms with Gasteiger partial charge in [0.25, 0.3) is 5.56 Å². The van der Waals surface area contributed by atoms with E-state index in [0.29, 0.717) is 6.54 Å². The van der Waals surface area contributed by atoms with E-state index in [-0.39, 0.29) is 5.56 Å². The van der Waals surface area contributed by atoms with Crippen molar-refractivity contribution in [3.05, 3.63) is 51.0 Å². The summed E-state index contributed by atoms with van der Waals surface area (Å²) in [6.45, 7) is 9.43. The first kappa shape index (κ1) is 19.7. The number of aromatic nitrogens is 3. The second-order valence-corrected chi connectivity index (χ2v) is 9.46. The lowest BCUT2D eigenvalue weighted by Gasteiger charge is -2.35. The largest absolute Gasteiger partial charge is 0.354 e. The van der Waals surface area contributed by atoms with E-state index in [9.17, 15) is 4.79 Å². The van der Waals surface area contributed by atoms with Gasteiger partial charge in [0.15, 0.2) is 0 Å². The van der Waals surface area contributed by atoms with E-state index in [1.165, 1.54) is 10.4 Å². The number of rotatable bonds is 4. The van der Waals surface area contributed by atoms with Crippen molar-refractivity contribution in [2.75, 3.05) is 51.2 Å². The van der Waals surface area contributed by atoms with Crippen LogP contribution in [0.2, 0.25) is 0 Å². The Kier molecular flexibility index (Phi) is 5.30. The van der Waals surface area contributed by atoms with Gasteiger partial charge < -0.3 is 9.80 Å². The minimum atomic E-state index is 0.129. The number of likely N-dealkylation sites (N-methyl/N-ethyl adjacent to an activating group) is 1. The Morgan fingerprint density at radius 1 is 1.10 bits per heavy atom. The van der Waals surface area contributed by atoms with Gasteiger partial charge in [0, 0.05) is 62.9 Å². The molecule has 30 heavy (non-hydrogen) atoms. The highest BCUT2D eigenvalue weighted by atomic mass is 32.1. The van der Waals surface area contributed by atoms with E-state index in [1.54, 1.807) is 17.7 Å². The van der Waals surface area contributed by atoms with Crippen LogP contribution in [0.4, 0.5) is 5.82 Å². The Hall–Kier alpha value is -2.29. The summed E-state index contributed by atoms with van der Waals surface area (Å²) in [5.74, 6) is 1.06. The Labute approximate surface area is 180 Å². The summed E-state index contributed by atoms with van der Waals surface area (Å²) in [6.07, 6.45) is 2.69. The molecule has 2 aliphatic heterocycles. The van der Waals surface area contributed by atoms with Gasteiger partial charge in [-0.3, -0.25) is 14.3 Å². The molecule has 1 saturated heterocycles. The zero-order valence-electron chi connectivity index (χ0n) is 17.7. The van der Waals surface area contributed by atoms with E-state index in [2.05, 4.69) is 43.8 Å². The fourth-order valence-electron chi connectivity index (χ4n) is 4.46. The van der Waals surface area contributed by atoms with E-state index in [1.807, 2.05) is 17.6 Å². The smallest absolute Gasteiger partial charge is 0.262 e. The Bertz CT molecular complexity index is 1110. The lowest BCUT2D eigenvalue weighted by atomic mass is 10.1. The van der Waals surface area contributed by atoms with Gasteiger partial charge in [-0.1, -0.05) is 6.07 Å². The number of piperazine rings is 1. The first-order valence-electron chi connectivity index (χ1n) is 10.7. The second kappa shape index (κ2) is 8.09. The van der Waals surface area contributed by atoms with Crippen LogP contribution in [-0.2, 0) is 19.5 Å². The van der Waals surface area contributed by atoms with Gasteiger partial charge in [-0.25, -0.2) is 9.97 Å². The van der Waals surface area contributed by atoms with Crippen molar-refractivity contribution < 1.29 is 0 Å². The van der Waals surface area contributed by atoms with Crippen molar-refractivity contribution in [1.29, 1.82) is 0 Å². The monoisotopic (exact) mass is 424 g/mol. The van der Waals surface area contributed by atoms with Crippen molar-refractivity contribution in [1.82, 2.24) is 24.3 Å². The third-order valence-corrected chi connectivity index (χ3v) is 7.37. The van der Waals surface area contributed by atoms with Crippen molar-refractivity contribution >= 4 is 27.4 Å². The molecule has 0 aromatic carbocycles. The minimum Gasteiger partial charge on any atom is -0.354 e. The summed E-state index contributed by atoms with van der Waals surface area (Å²) in [5.41, 5.74) is 2.42. The van der Waals surface area contributed by atoms with Gasteiger partial charge in [-0.05, 0) is 38.1 Å². The molecule has 0 N–H and O–H groups in total. The maximum atomic E-state index is 13.2. The minimum absolute atomic E-state index is 0.129. The molecule has 0 radical (unpaired) electrons. The molecule has 5 rings (SSSR count). The van der Waals surface area contributed by atoms with Crippen molar-refractivity contribution in [2.45, 2.75) is 26.4 Å². The molecule has 5 heterocycles. The molecule has 0 saturated carbocycles. The van der Waals surface area contributed by atoms with Gasteiger partial charge >= 0.3 is 0 Å². The summed E-state index contributed by atoms with van der Waals surface area (Å²) >= 11 is 1.68. The van der Waals surface area contributed by atoms with Gasteiger partial charge in [-0.2, -0.15) is 0 Å². The predicted molar refractivity (Wildman–Crippen MR) is 122 cm³/mol. The van der Waals surface area contributed by atoms with Crippen LogP contribution in [-0.4, -0.2) is 70.7 Å². The van der Waals surface area contributed by atoms with Crippen molar-refractivity contribution in [3.63, 3.8) is 0 Å². The molecule has 3 aromatic heterocycles. The summed E-state index contributed by atoms with van der Waals surface area (Å²) in [7, 11) is 2.13. The van der Waals surface area contributed by atoms with Crippen molar-refractivity contribution in [3.8, 4) is 0 Å². The van der Waals surface area contributed by atoms with Crippen LogP contribution < -0.4 is 10.5 Å². The fraction of sp³-hybridized carbons (Fsp3) is 0.500. The van der Waals surface area contributed by atoms with Crippen LogP contribution in [0.25, 0.3) is 10.2 Å². The zero-order chi connectivity index (χ0) is 20.7. The number of pyridine rings is 1. The summed E-state index contributed by atoms with van der Waals surface area (Å²) in [5, 5.41) is 0.862. The Balaban J connectivity index is 1.25. The van der Waals surface area contributed by atoms with Crippen LogP contribution in [0, 0.1) is 6.92 Å². The fourth-order valence-corrected chi connectivity index (χ4v) is 5.72. The number of hydrogen-bond acceptors (Lipinski definition) is 7. The molecular weight excluding hydrogens is 396 g/mol. The topological polar surface area (TPSA) is 57.5 Å².